The Hall–Kier alpha value is -2.35. The molecule has 3 heterocycles. The fraction of sp³-hybridized carbons (Fsp3) is 0.250. The molecule has 1 aliphatic heterocycles. The number of hydrogen-bond acceptors (Lipinski definition) is 6. The van der Waals surface area contributed by atoms with Crippen molar-refractivity contribution in [3.05, 3.63) is 57.6 Å². The smallest absolute Gasteiger partial charge is 0.273 e. The number of anilines is 1. The lowest BCUT2D eigenvalue weighted by atomic mass is 10.2. The van der Waals surface area contributed by atoms with Crippen LogP contribution in [0.2, 0.25) is 10.0 Å². The second kappa shape index (κ2) is 8.57. The third-order valence-electron chi connectivity index (χ3n) is 4.72. The van der Waals surface area contributed by atoms with E-state index in [0.717, 1.165) is 16.3 Å². The Morgan fingerprint density at radius 3 is 2.52 bits per heavy atom. The Bertz CT molecular complexity index is 1020. The van der Waals surface area contributed by atoms with Gasteiger partial charge in [0, 0.05) is 43.3 Å². The Kier molecular flexibility index (Phi) is 5.89. The van der Waals surface area contributed by atoms with Crippen molar-refractivity contribution in [3.8, 4) is 16.3 Å². The first-order chi connectivity index (χ1) is 14.0. The number of carbonyl (C=O) groups is 1. The number of aromatic nitrogens is 2. The number of nitrogens with zero attached hydrogens (tertiary/aromatic N) is 4. The Labute approximate surface area is 182 Å². The molecule has 4 rings (SSSR count). The molecule has 6 nitrogen and oxygen atoms in total. The number of benzene rings is 1. The van der Waals surface area contributed by atoms with Crippen LogP contribution >= 0.6 is 34.5 Å². The minimum absolute atomic E-state index is 0.0594. The number of ether oxygens (including phenoxy) is 1. The largest absolute Gasteiger partial charge is 0.497 e. The van der Waals surface area contributed by atoms with Gasteiger partial charge in [-0.15, -0.1) is 11.3 Å². The summed E-state index contributed by atoms with van der Waals surface area (Å²) in [5.41, 5.74) is 1.43. The molecule has 1 amide bonds. The molecule has 1 fully saturated rings. The Morgan fingerprint density at radius 2 is 1.86 bits per heavy atom. The van der Waals surface area contributed by atoms with Crippen LogP contribution in [0.1, 0.15) is 10.5 Å². The van der Waals surface area contributed by atoms with Crippen LogP contribution in [0.3, 0.4) is 0 Å². The quantitative estimate of drug-likeness (QED) is 0.588. The van der Waals surface area contributed by atoms with Crippen molar-refractivity contribution in [1.29, 1.82) is 0 Å². The highest BCUT2D eigenvalue weighted by Gasteiger charge is 2.25. The summed E-state index contributed by atoms with van der Waals surface area (Å²) >= 11 is 13.6. The monoisotopic (exact) mass is 448 g/mol. The third kappa shape index (κ3) is 4.32. The topological polar surface area (TPSA) is 58.6 Å². The lowest BCUT2D eigenvalue weighted by Gasteiger charge is -2.35. The standard InChI is InChI=1S/C20H18Cl2N4O2S/c1-28-15-4-2-13(3-5-15)19-24-17(12-29-19)20(27)26-8-6-25(7-9-26)18-16(22)10-14(21)11-23-18/h2-5,10-12H,6-9H2,1H3. The van der Waals surface area contributed by atoms with Crippen LogP contribution in [0.25, 0.3) is 10.6 Å². The zero-order valence-electron chi connectivity index (χ0n) is 15.6. The minimum Gasteiger partial charge on any atom is -0.497 e. The zero-order chi connectivity index (χ0) is 20.4. The molecule has 150 valence electrons. The predicted octanol–water partition coefficient (Wildman–Crippen LogP) is 4.48. The maximum Gasteiger partial charge on any atom is 0.273 e. The van der Waals surface area contributed by atoms with Crippen LogP contribution in [0.4, 0.5) is 5.82 Å². The lowest BCUT2D eigenvalue weighted by Crippen LogP contribution is -2.49. The van der Waals surface area contributed by atoms with E-state index in [0.29, 0.717) is 47.7 Å². The molecule has 9 heteroatoms. The van der Waals surface area contributed by atoms with Gasteiger partial charge in [0.15, 0.2) is 0 Å². The molecule has 0 N–H and O–H groups in total. The number of halogens is 2. The van der Waals surface area contributed by atoms with E-state index < -0.39 is 0 Å². The van der Waals surface area contributed by atoms with Gasteiger partial charge < -0.3 is 14.5 Å². The Morgan fingerprint density at radius 1 is 1.14 bits per heavy atom. The first kappa shape index (κ1) is 19.9. The highest BCUT2D eigenvalue weighted by molar-refractivity contribution is 7.13. The van der Waals surface area contributed by atoms with Gasteiger partial charge in [-0.1, -0.05) is 23.2 Å². The summed E-state index contributed by atoms with van der Waals surface area (Å²) in [6.45, 7) is 2.45. The molecule has 3 aromatic rings. The number of hydrogen-bond donors (Lipinski definition) is 0. The number of thiazole rings is 1. The molecule has 0 saturated carbocycles. The van der Waals surface area contributed by atoms with E-state index in [9.17, 15) is 4.79 Å². The molecule has 0 radical (unpaired) electrons. The summed E-state index contributed by atoms with van der Waals surface area (Å²) in [5.74, 6) is 1.42. The van der Waals surface area contributed by atoms with Crippen LogP contribution in [0.5, 0.6) is 5.75 Å². The molecule has 0 atom stereocenters. The van der Waals surface area contributed by atoms with E-state index in [1.54, 1.807) is 19.4 Å². The molecule has 1 saturated heterocycles. The van der Waals surface area contributed by atoms with Crippen molar-refractivity contribution >= 4 is 46.3 Å². The van der Waals surface area contributed by atoms with Gasteiger partial charge in [-0.3, -0.25) is 4.79 Å². The van der Waals surface area contributed by atoms with E-state index in [-0.39, 0.29) is 5.91 Å². The first-order valence-corrected chi connectivity index (χ1v) is 10.6. The average molecular weight is 449 g/mol. The molecule has 29 heavy (non-hydrogen) atoms. The maximum atomic E-state index is 12.9. The van der Waals surface area contributed by atoms with Crippen molar-refractivity contribution < 1.29 is 9.53 Å². The average Bonchev–Trinajstić information content (AvgIpc) is 3.24. The van der Waals surface area contributed by atoms with E-state index in [1.807, 2.05) is 34.5 Å². The van der Waals surface area contributed by atoms with Crippen molar-refractivity contribution in [1.82, 2.24) is 14.9 Å². The van der Waals surface area contributed by atoms with Gasteiger partial charge in [-0.2, -0.15) is 0 Å². The fourth-order valence-electron chi connectivity index (χ4n) is 3.16. The van der Waals surface area contributed by atoms with E-state index in [1.165, 1.54) is 11.3 Å². The number of pyridine rings is 1. The van der Waals surface area contributed by atoms with Crippen molar-refractivity contribution in [3.63, 3.8) is 0 Å². The number of piperazine rings is 1. The minimum atomic E-state index is -0.0594. The van der Waals surface area contributed by atoms with Gasteiger partial charge in [0.2, 0.25) is 0 Å². The van der Waals surface area contributed by atoms with Crippen LogP contribution in [0, 0.1) is 0 Å². The van der Waals surface area contributed by atoms with Gasteiger partial charge in [0.1, 0.15) is 22.3 Å². The van der Waals surface area contributed by atoms with Gasteiger partial charge >= 0.3 is 0 Å². The molecule has 0 aliphatic carbocycles. The lowest BCUT2D eigenvalue weighted by molar-refractivity contribution is 0.0741. The molecule has 0 unspecified atom stereocenters. The third-order valence-corrected chi connectivity index (χ3v) is 6.09. The number of carbonyl (C=O) groups excluding carboxylic acids is 1. The van der Waals surface area contributed by atoms with Crippen molar-refractivity contribution in [2.24, 2.45) is 0 Å². The van der Waals surface area contributed by atoms with Crippen LogP contribution in [0.15, 0.2) is 41.9 Å². The number of rotatable bonds is 4. The summed E-state index contributed by atoms with van der Waals surface area (Å²) < 4.78 is 5.18. The summed E-state index contributed by atoms with van der Waals surface area (Å²) in [4.78, 5) is 25.6. The summed E-state index contributed by atoms with van der Waals surface area (Å²) in [5, 5.41) is 3.64. The van der Waals surface area contributed by atoms with E-state index in [4.69, 9.17) is 27.9 Å². The SMILES string of the molecule is COc1ccc(-c2nc(C(=O)N3CCN(c4ncc(Cl)cc4Cl)CC3)cs2)cc1. The van der Waals surface area contributed by atoms with Gasteiger partial charge in [-0.25, -0.2) is 9.97 Å². The van der Waals surface area contributed by atoms with Crippen LogP contribution in [-0.4, -0.2) is 54.1 Å². The molecule has 0 spiro atoms. The summed E-state index contributed by atoms with van der Waals surface area (Å²) in [6.07, 6.45) is 1.58. The van der Waals surface area contributed by atoms with Crippen molar-refractivity contribution in [2.75, 3.05) is 38.2 Å². The predicted molar refractivity (Wildman–Crippen MR) is 116 cm³/mol. The van der Waals surface area contributed by atoms with Crippen LogP contribution in [-0.2, 0) is 0 Å². The molecule has 1 aliphatic rings. The molecule has 1 aromatic carbocycles. The highest BCUT2D eigenvalue weighted by atomic mass is 35.5. The second-order valence-corrected chi connectivity index (χ2v) is 8.21. The van der Waals surface area contributed by atoms with Crippen molar-refractivity contribution in [2.45, 2.75) is 0 Å². The first-order valence-electron chi connectivity index (χ1n) is 9.00. The summed E-state index contributed by atoms with van der Waals surface area (Å²) in [6, 6.07) is 9.32. The normalized spacial score (nSPS) is 14.2. The fourth-order valence-corrected chi connectivity index (χ4v) is 4.46. The number of amides is 1. The summed E-state index contributed by atoms with van der Waals surface area (Å²) in [7, 11) is 1.63. The Balaban J connectivity index is 1.41. The van der Waals surface area contributed by atoms with Gasteiger partial charge in [0.25, 0.3) is 5.91 Å². The van der Waals surface area contributed by atoms with Crippen LogP contribution < -0.4 is 9.64 Å². The molecular formula is C20H18Cl2N4O2S. The second-order valence-electron chi connectivity index (χ2n) is 6.50. The van der Waals surface area contributed by atoms with Gasteiger partial charge in [0.05, 0.1) is 17.2 Å². The molecule has 2 aromatic heterocycles. The molecular weight excluding hydrogens is 431 g/mol. The van der Waals surface area contributed by atoms with E-state index >= 15 is 0 Å². The van der Waals surface area contributed by atoms with E-state index in [2.05, 4.69) is 14.9 Å². The highest BCUT2D eigenvalue weighted by Crippen LogP contribution is 2.28. The van der Waals surface area contributed by atoms with Gasteiger partial charge in [-0.05, 0) is 30.3 Å². The molecule has 0 bridgehead atoms. The maximum absolute atomic E-state index is 12.9. The number of methoxy groups -OCH3 is 1. The zero-order valence-corrected chi connectivity index (χ0v) is 18.0.